The van der Waals surface area contributed by atoms with Crippen molar-refractivity contribution in [1.82, 2.24) is 4.90 Å². The number of aliphatic hydroxyl groups is 1. The molecule has 1 aliphatic rings. The van der Waals surface area contributed by atoms with Crippen LogP contribution in [0.1, 0.15) is 24.8 Å². The maximum atomic E-state index is 13.8. The zero-order valence-corrected chi connectivity index (χ0v) is 11.6. The first kappa shape index (κ1) is 14.8. The van der Waals surface area contributed by atoms with E-state index in [1.54, 1.807) is 12.1 Å². The molecular weight excluding hydrogens is 257 g/mol. The Labute approximate surface area is 119 Å². The highest BCUT2D eigenvalue weighted by atomic mass is 19.1. The van der Waals surface area contributed by atoms with Gasteiger partial charge in [0.15, 0.2) is 0 Å². The second kappa shape index (κ2) is 7.88. The third-order valence-electron chi connectivity index (χ3n) is 3.28. The number of rotatable bonds is 5. The summed E-state index contributed by atoms with van der Waals surface area (Å²) in [5.41, 5.74) is 0.338. The average Bonchev–Trinajstić information content (AvgIpc) is 2.95. The van der Waals surface area contributed by atoms with Crippen LogP contribution in [0.2, 0.25) is 0 Å². The van der Waals surface area contributed by atoms with Gasteiger partial charge in [-0.3, -0.25) is 4.90 Å². The summed E-state index contributed by atoms with van der Waals surface area (Å²) in [4.78, 5) is 2.35. The Morgan fingerprint density at radius 2 is 2.10 bits per heavy atom. The minimum atomic E-state index is -0.380. The Bertz CT molecular complexity index is 487. The van der Waals surface area contributed by atoms with E-state index in [0.29, 0.717) is 24.3 Å². The summed E-state index contributed by atoms with van der Waals surface area (Å²) in [6, 6.07) is 4.72. The van der Waals surface area contributed by atoms with Crippen molar-refractivity contribution >= 4 is 0 Å². The van der Waals surface area contributed by atoms with Crippen LogP contribution in [-0.4, -0.2) is 42.9 Å². The predicted molar refractivity (Wildman–Crippen MR) is 76.1 cm³/mol. The Hall–Kier alpha value is -1.57. The maximum absolute atomic E-state index is 13.8. The lowest BCUT2D eigenvalue weighted by molar-refractivity contribution is 0.237. The molecule has 108 valence electrons. The first-order chi connectivity index (χ1) is 9.79. The highest BCUT2D eigenvalue weighted by Gasteiger charge is 2.11. The second-order valence-electron chi connectivity index (χ2n) is 4.81. The van der Waals surface area contributed by atoms with E-state index < -0.39 is 0 Å². The van der Waals surface area contributed by atoms with Gasteiger partial charge < -0.3 is 9.84 Å². The summed E-state index contributed by atoms with van der Waals surface area (Å²) >= 11 is 0. The van der Waals surface area contributed by atoms with Crippen molar-refractivity contribution in [3.05, 3.63) is 29.6 Å². The predicted octanol–water partition coefficient (Wildman–Crippen LogP) is 2.03. The first-order valence-electron chi connectivity index (χ1n) is 7.04. The van der Waals surface area contributed by atoms with E-state index in [-0.39, 0.29) is 12.4 Å². The molecule has 1 heterocycles. The van der Waals surface area contributed by atoms with Gasteiger partial charge in [-0.05, 0) is 38.1 Å². The topological polar surface area (TPSA) is 32.7 Å². The van der Waals surface area contributed by atoms with Crippen LogP contribution in [0.25, 0.3) is 0 Å². The van der Waals surface area contributed by atoms with Gasteiger partial charge in [0.05, 0.1) is 12.2 Å². The molecule has 20 heavy (non-hydrogen) atoms. The van der Waals surface area contributed by atoms with Crippen molar-refractivity contribution in [3.8, 4) is 17.6 Å². The van der Waals surface area contributed by atoms with E-state index in [1.807, 2.05) is 0 Å². The summed E-state index contributed by atoms with van der Waals surface area (Å²) < 4.78 is 19.3. The van der Waals surface area contributed by atoms with Gasteiger partial charge in [-0.15, -0.1) is 0 Å². The molecule has 0 atom stereocenters. The van der Waals surface area contributed by atoms with Crippen molar-refractivity contribution in [2.24, 2.45) is 0 Å². The molecule has 0 aliphatic carbocycles. The van der Waals surface area contributed by atoms with E-state index in [2.05, 4.69) is 16.7 Å². The van der Waals surface area contributed by atoms with Crippen LogP contribution in [-0.2, 0) is 0 Å². The Morgan fingerprint density at radius 3 is 2.80 bits per heavy atom. The molecule has 2 rings (SSSR count). The van der Waals surface area contributed by atoms with Crippen LogP contribution in [0.4, 0.5) is 4.39 Å². The van der Waals surface area contributed by atoms with Gasteiger partial charge in [0.2, 0.25) is 0 Å². The fraction of sp³-hybridized carbons (Fsp3) is 0.500. The third-order valence-corrected chi connectivity index (χ3v) is 3.28. The van der Waals surface area contributed by atoms with Gasteiger partial charge >= 0.3 is 0 Å². The molecule has 0 spiro atoms. The highest BCUT2D eigenvalue weighted by molar-refractivity contribution is 5.39. The minimum Gasteiger partial charge on any atom is -0.492 e. The van der Waals surface area contributed by atoms with E-state index in [4.69, 9.17) is 9.84 Å². The van der Waals surface area contributed by atoms with Crippen LogP contribution >= 0.6 is 0 Å². The molecule has 0 radical (unpaired) electrons. The molecule has 0 amide bonds. The quantitative estimate of drug-likeness (QED) is 0.836. The van der Waals surface area contributed by atoms with Crippen molar-refractivity contribution in [3.63, 3.8) is 0 Å². The van der Waals surface area contributed by atoms with Crippen LogP contribution in [0.5, 0.6) is 5.75 Å². The van der Waals surface area contributed by atoms with E-state index >= 15 is 0 Å². The molecule has 3 nitrogen and oxygen atoms in total. The van der Waals surface area contributed by atoms with Gasteiger partial charge in [0, 0.05) is 19.0 Å². The fourth-order valence-electron chi connectivity index (χ4n) is 2.20. The normalized spacial score (nSPS) is 14.9. The van der Waals surface area contributed by atoms with Gasteiger partial charge in [0.1, 0.15) is 18.2 Å². The lowest BCUT2D eigenvalue weighted by Crippen LogP contribution is -2.25. The number of halogens is 1. The number of hydrogen-bond acceptors (Lipinski definition) is 3. The van der Waals surface area contributed by atoms with Crippen molar-refractivity contribution in [2.75, 3.05) is 32.8 Å². The lowest BCUT2D eigenvalue weighted by Gasteiger charge is -2.14. The number of nitrogens with zero attached hydrogens (tertiary/aromatic N) is 1. The SMILES string of the molecule is OCCC#Cc1ccc(OCCN2CCCC2)cc1F. The summed E-state index contributed by atoms with van der Waals surface area (Å²) in [6.45, 7) is 3.73. The molecule has 1 aromatic carbocycles. The number of ether oxygens (including phenoxy) is 1. The largest absolute Gasteiger partial charge is 0.492 e. The lowest BCUT2D eigenvalue weighted by atomic mass is 10.2. The molecule has 1 N–H and O–H groups in total. The fourth-order valence-corrected chi connectivity index (χ4v) is 2.20. The molecule has 0 saturated carbocycles. The standard InChI is InChI=1S/C16H20FNO2/c17-16-13-15(7-6-14(16)5-1-4-11-19)20-12-10-18-8-2-3-9-18/h6-7,13,19H,2-4,8-12H2. The average molecular weight is 277 g/mol. The third kappa shape index (κ3) is 4.52. The van der Waals surface area contributed by atoms with Crippen LogP contribution in [0.3, 0.4) is 0 Å². The van der Waals surface area contributed by atoms with Crippen LogP contribution in [0.15, 0.2) is 18.2 Å². The van der Waals surface area contributed by atoms with Crippen molar-refractivity contribution < 1.29 is 14.2 Å². The molecular formula is C16H20FNO2. The van der Waals surface area contributed by atoms with Gasteiger partial charge in [-0.1, -0.05) is 11.8 Å². The molecule has 0 aromatic heterocycles. The van der Waals surface area contributed by atoms with Crippen LogP contribution < -0.4 is 4.74 Å². The number of aliphatic hydroxyl groups excluding tert-OH is 1. The van der Waals surface area contributed by atoms with Crippen molar-refractivity contribution in [2.45, 2.75) is 19.3 Å². The summed E-state index contributed by atoms with van der Waals surface area (Å²) in [5, 5.41) is 8.62. The molecule has 4 heteroatoms. The summed E-state index contributed by atoms with van der Waals surface area (Å²) in [7, 11) is 0. The van der Waals surface area contributed by atoms with E-state index in [9.17, 15) is 4.39 Å². The second-order valence-corrected chi connectivity index (χ2v) is 4.81. The zero-order valence-electron chi connectivity index (χ0n) is 11.6. The summed E-state index contributed by atoms with van der Waals surface area (Å²) in [6.07, 6.45) is 2.87. The number of hydrogen-bond donors (Lipinski definition) is 1. The highest BCUT2D eigenvalue weighted by Crippen LogP contribution is 2.16. The minimum absolute atomic E-state index is 0.00763. The van der Waals surface area contributed by atoms with Gasteiger partial charge in [0.25, 0.3) is 0 Å². The molecule has 1 aromatic rings. The first-order valence-corrected chi connectivity index (χ1v) is 7.04. The van der Waals surface area contributed by atoms with E-state index in [0.717, 1.165) is 19.6 Å². The molecule has 0 unspecified atom stereocenters. The Balaban J connectivity index is 1.83. The monoisotopic (exact) mass is 277 g/mol. The number of likely N-dealkylation sites (tertiary alicyclic amines) is 1. The van der Waals surface area contributed by atoms with E-state index in [1.165, 1.54) is 18.9 Å². The zero-order chi connectivity index (χ0) is 14.2. The Kier molecular flexibility index (Phi) is 5.85. The van der Waals surface area contributed by atoms with Gasteiger partial charge in [-0.25, -0.2) is 4.39 Å². The number of benzene rings is 1. The molecule has 0 bridgehead atoms. The molecule has 1 saturated heterocycles. The van der Waals surface area contributed by atoms with Crippen molar-refractivity contribution in [1.29, 1.82) is 0 Å². The summed E-state index contributed by atoms with van der Waals surface area (Å²) in [5.74, 6) is 5.55. The maximum Gasteiger partial charge on any atom is 0.142 e. The van der Waals surface area contributed by atoms with Gasteiger partial charge in [-0.2, -0.15) is 0 Å². The van der Waals surface area contributed by atoms with Crippen LogP contribution in [0, 0.1) is 17.7 Å². The Morgan fingerprint density at radius 1 is 1.30 bits per heavy atom. The molecule has 1 fully saturated rings. The smallest absolute Gasteiger partial charge is 0.142 e. The molecule has 1 aliphatic heterocycles.